The van der Waals surface area contributed by atoms with Gasteiger partial charge in [0.05, 0.1) is 11.7 Å². The first-order valence-corrected chi connectivity index (χ1v) is 11.4. The third-order valence-electron chi connectivity index (χ3n) is 9.73. The van der Waals surface area contributed by atoms with Gasteiger partial charge in [-0.15, -0.1) is 0 Å². The number of rotatable bonds is 4. The van der Waals surface area contributed by atoms with Crippen LogP contribution in [0.1, 0.15) is 78.6 Å². The average Bonchev–Trinajstić information content (AvgIpc) is 2.99. The number of fused-ring (bicyclic) bond motifs is 5. The summed E-state index contributed by atoms with van der Waals surface area (Å²) in [4.78, 5) is 23.1. The highest BCUT2D eigenvalue weighted by Crippen LogP contribution is 2.69. The molecule has 0 amide bonds. The molecule has 4 aliphatic carbocycles. The first kappa shape index (κ1) is 21.0. The number of hydrogen-bond donors (Lipinski definition) is 3. The van der Waals surface area contributed by atoms with E-state index in [0.29, 0.717) is 43.9 Å². The van der Waals surface area contributed by atoms with Crippen molar-refractivity contribution in [1.82, 2.24) is 0 Å². The maximum absolute atomic E-state index is 12.1. The van der Waals surface area contributed by atoms with E-state index in [-0.39, 0.29) is 29.5 Å². The van der Waals surface area contributed by atoms with Gasteiger partial charge < -0.3 is 15.3 Å². The Hall–Kier alpha value is -1.20. The van der Waals surface area contributed by atoms with E-state index in [2.05, 4.69) is 20.8 Å². The lowest BCUT2D eigenvalue weighted by Crippen LogP contribution is -2.67. The van der Waals surface area contributed by atoms with Crippen molar-refractivity contribution in [3.8, 4) is 0 Å². The van der Waals surface area contributed by atoms with Crippen molar-refractivity contribution in [3.63, 3.8) is 0 Å². The Morgan fingerprint density at radius 1 is 1.24 bits per heavy atom. The van der Waals surface area contributed by atoms with E-state index in [1.54, 1.807) is 6.08 Å². The molecule has 0 aromatic heterocycles. The third-order valence-corrected chi connectivity index (χ3v) is 9.73. The molecule has 0 aromatic carbocycles. The Morgan fingerprint density at radius 2 is 1.97 bits per heavy atom. The van der Waals surface area contributed by atoms with Crippen LogP contribution in [0.2, 0.25) is 0 Å². The summed E-state index contributed by atoms with van der Waals surface area (Å²) in [7, 11) is 0. The molecule has 4 aliphatic rings. The van der Waals surface area contributed by atoms with Crippen LogP contribution in [-0.2, 0) is 9.59 Å². The van der Waals surface area contributed by atoms with E-state index < -0.39 is 23.1 Å². The minimum absolute atomic E-state index is 0.0257. The van der Waals surface area contributed by atoms with Crippen LogP contribution < -0.4 is 0 Å². The quantitative estimate of drug-likeness (QED) is 0.664. The summed E-state index contributed by atoms with van der Waals surface area (Å²) in [6.45, 7) is 6.60. The molecule has 0 aromatic rings. The predicted octanol–water partition coefficient (Wildman–Crippen LogP) is 3.72. The second kappa shape index (κ2) is 6.91. The maximum Gasteiger partial charge on any atom is 0.303 e. The molecule has 3 fully saturated rings. The zero-order valence-corrected chi connectivity index (χ0v) is 18.0. The lowest BCUT2D eigenvalue weighted by Gasteiger charge is -2.64. The number of aliphatic hydroxyl groups is 2. The maximum atomic E-state index is 12.1. The van der Waals surface area contributed by atoms with Crippen LogP contribution in [0, 0.1) is 34.5 Å². The van der Waals surface area contributed by atoms with Gasteiger partial charge in [0, 0.05) is 24.2 Å². The van der Waals surface area contributed by atoms with Crippen molar-refractivity contribution in [2.75, 3.05) is 0 Å². The van der Waals surface area contributed by atoms with Crippen molar-refractivity contribution < 1.29 is 24.9 Å². The van der Waals surface area contributed by atoms with Crippen molar-refractivity contribution in [2.24, 2.45) is 34.5 Å². The number of ketones is 1. The Balaban J connectivity index is 1.65. The van der Waals surface area contributed by atoms with Crippen LogP contribution in [0.5, 0.6) is 0 Å². The van der Waals surface area contributed by atoms with E-state index in [4.69, 9.17) is 5.11 Å². The van der Waals surface area contributed by atoms with Gasteiger partial charge in [-0.2, -0.15) is 0 Å². The molecule has 4 unspecified atom stereocenters. The van der Waals surface area contributed by atoms with Gasteiger partial charge in [0.15, 0.2) is 5.78 Å². The van der Waals surface area contributed by atoms with Crippen LogP contribution in [-0.4, -0.2) is 38.8 Å². The molecular weight excluding hydrogens is 368 g/mol. The Labute approximate surface area is 173 Å². The van der Waals surface area contributed by atoms with E-state index >= 15 is 0 Å². The van der Waals surface area contributed by atoms with Gasteiger partial charge in [0.2, 0.25) is 0 Å². The van der Waals surface area contributed by atoms with Gasteiger partial charge in [0.25, 0.3) is 0 Å². The van der Waals surface area contributed by atoms with Crippen LogP contribution >= 0.6 is 0 Å². The molecule has 3 N–H and O–H groups in total. The molecular formula is C24H36O5. The fraction of sp³-hybridized carbons (Fsp3) is 0.833. The second-order valence-electron chi connectivity index (χ2n) is 10.9. The lowest BCUT2D eigenvalue weighted by atomic mass is 9.43. The number of aliphatic carboxylic acids is 1. The molecule has 0 aliphatic heterocycles. The van der Waals surface area contributed by atoms with Crippen LogP contribution in [0.15, 0.2) is 11.6 Å². The number of carboxylic acids is 1. The summed E-state index contributed by atoms with van der Waals surface area (Å²) in [5.74, 6) is 0.197. The van der Waals surface area contributed by atoms with Gasteiger partial charge in [0.1, 0.15) is 0 Å². The summed E-state index contributed by atoms with van der Waals surface area (Å²) in [6, 6.07) is 0. The first-order chi connectivity index (χ1) is 13.5. The summed E-state index contributed by atoms with van der Waals surface area (Å²) >= 11 is 0. The van der Waals surface area contributed by atoms with E-state index in [0.717, 1.165) is 24.8 Å². The molecule has 3 saturated carbocycles. The first-order valence-electron chi connectivity index (χ1n) is 11.4. The number of aliphatic hydroxyl groups excluding tert-OH is 1. The zero-order valence-electron chi connectivity index (χ0n) is 18.0. The highest BCUT2D eigenvalue weighted by molar-refractivity contribution is 5.91. The van der Waals surface area contributed by atoms with E-state index in [1.807, 2.05) is 0 Å². The number of hydrogen-bond acceptors (Lipinski definition) is 4. The molecule has 0 radical (unpaired) electrons. The van der Waals surface area contributed by atoms with Gasteiger partial charge in [-0.05, 0) is 74.2 Å². The SMILES string of the molecule is C[C@H](CCC(=O)O)C1CCC2C3C(O)CC4=CC(=O)CC[C@]4(C)[C@@]3(O)CC[C@@]21C. The largest absolute Gasteiger partial charge is 0.481 e. The van der Waals surface area contributed by atoms with Gasteiger partial charge in [-0.3, -0.25) is 9.59 Å². The smallest absolute Gasteiger partial charge is 0.303 e. The highest BCUT2D eigenvalue weighted by Gasteiger charge is 2.68. The molecule has 8 atom stereocenters. The minimum atomic E-state index is -0.972. The Morgan fingerprint density at radius 3 is 2.66 bits per heavy atom. The van der Waals surface area contributed by atoms with Crippen molar-refractivity contribution >= 4 is 11.8 Å². The molecule has 5 nitrogen and oxygen atoms in total. The van der Waals surface area contributed by atoms with E-state index in [9.17, 15) is 19.8 Å². The van der Waals surface area contributed by atoms with Crippen molar-refractivity contribution in [1.29, 1.82) is 0 Å². The Bertz CT molecular complexity index is 744. The molecule has 162 valence electrons. The Kier molecular flexibility index (Phi) is 5.02. The zero-order chi connectivity index (χ0) is 21.2. The number of carbonyl (C=O) groups excluding carboxylic acids is 1. The predicted molar refractivity (Wildman–Crippen MR) is 109 cm³/mol. The molecule has 5 heteroatoms. The summed E-state index contributed by atoms with van der Waals surface area (Å²) < 4.78 is 0. The summed E-state index contributed by atoms with van der Waals surface area (Å²) in [5, 5.41) is 32.3. The minimum Gasteiger partial charge on any atom is -0.481 e. The van der Waals surface area contributed by atoms with Gasteiger partial charge >= 0.3 is 5.97 Å². The molecule has 0 heterocycles. The summed E-state index contributed by atoms with van der Waals surface area (Å²) in [6.07, 6.45) is 7.16. The summed E-state index contributed by atoms with van der Waals surface area (Å²) in [5.41, 5.74) is -0.439. The van der Waals surface area contributed by atoms with Crippen LogP contribution in [0.25, 0.3) is 0 Å². The van der Waals surface area contributed by atoms with E-state index in [1.165, 1.54) is 0 Å². The number of carboxylic acid groups (broad SMARTS) is 1. The average molecular weight is 405 g/mol. The molecule has 29 heavy (non-hydrogen) atoms. The monoisotopic (exact) mass is 404 g/mol. The van der Waals surface area contributed by atoms with Crippen molar-refractivity contribution in [2.45, 2.75) is 90.3 Å². The van der Waals surface area contributed by atoms with Crippen LogP contribution in [0.4, 0.5) is 0 Å². The van der Waals surface area contributed by atoms with Gasteiger partial charge in [-0.25, -0.2) is 0 Å². The lowest BCUT2D eigenvalue weighted by molar-refractivity contribution is -0.223. The normalized spacial score (nSPS) is 47.6. The van der Waals surface area contributed by atoms with Crippen LogP contribution in [0.3, 0.4) is 0 Å². The fourth-order valence-corrected chi connectivity index (χ4v) is 8.02. The highest BCUT2D eigenvalue weighted by atomic mass is 16.4. The number of carbonyl (C=O) groups is 2. The van der Waals surface area contributed by atoms with Crippen molar-refractivity contribution in [3.05, 3.63) is 11.6 Å². The second-order valence-corrected chi connectivity index (χ2v) is 10.9. The standard InChI is InChI=1S/C24H36O5/c1-14(4-7-20(27)28)17-5-6-18-21-19(26)13-15-12-16(25)8-9-23(15,3)24(21,29)11-10-22(17,18)2/h12,14,17-19,21,26,29H,4-11,13H2,1-3H3,(H,27,28)/t14-,17?,18?,19?,21?,22-,23+,24-/m1/s1. The molecule has 0 saturated heterocycles. The topological polar surface area (TPSA) is 94.8 Å². The van der Waals surface area contributed by atoms with Gasteiger partial charge in [-0.1, -0.05) is 26.3 Å². The fourth-order valence-electron chi connectivity index (χ4n) is 8.02. The molecule has 0 spiro atoms. The molecule has 4 rings (SSSR count). The third kappa shape index (κ3) is 2.95. The molecule has 0 bridgehead atoms.